The van der Waals surface area contributed by atoms with Gasteiger partial charge >= 0.3 is 0 Å². The first-order valence-corrected chi connectivity index (χ1v) is 13.1. The molecule has 0 saturated carbocycles. The van der Waals surface area contributed by atoms with Gasteiger partial charge in [0.2, 0.25) is 0 Å². The van der Waals surface area contributed by atoms with E-state index in [1.54, 1.807) is 54.6 Å². The second-order valence-corrected chi connectivity index (χ2v) is 10.0. The molecule has 0 N–H and O–H groups in total. The van der Waals surface area contributed by atoms with Gasteiger partial charge in [0.25, 0.3) is 22.7 Å². The number of hydrogen-bond donors (Lipinski definition) is 0. The molecule has 216 valence electrons. The third-order valence-corrected chi connectivity index (χ3v) is 6.67. The highest BCUT2D eigenvalue weighted by atomic mass is 32.2. The van der Waals surface area contributed by atoms with Gasteiger partial charge in [0.1, 0.15) is 11.1 Å². The number of nitrogens with zero attached hydrogens (tertiary/aromatic N) is 4. The maximum absolute atomic E-state index is 12.1. The summed E-state index contributed by atoms with van der Waals surface area (Å²) < 4.78 is 0. The molecular weight excluding hydrogens is 592 g/mol. The third kappa shape index (κ3) is 7.09. The summed E-state index contributed by atoms with van der Waals surface area (Å²) in [5.41, 5.74) is -4.00. The summed E-state index contributed by atoms with van der Waals surface area (Å²) in [7, 11) is 0. The monoisotopic (exact) mass is 608 g/mol. The quantitative estimate of drug-likeness (QED) is 0.102. The second kappa shape index (κ2) is 13.1. The van der Waals surface area contributed by atoms with Crippen molar-refractivity contribution in [3.8, 4) is 34.8 Å². The van der Waals surface area contributed by atoms with Crippen LogP contribution in [-0.4, -0.2) is 24.8 Å². The number of rotatable bonds is 6. The highest BCUT2D eigenvalue weighted by Gasteiger charge is 2.31. The topological polar surface area (TPSA) is 190 Å². The van der Waals surface area contributed by atoms with Gasteiger partial charge in [-0.1, -0.05) is 53.6 Å². The van der Waals surface area contributed by atoms with Crippen molar-refractivity contribution in [2.75, 3.05) is 0 Å². The summed E-state index contributed by atoms with van der Waals surface area (Å²) in [6, 6.07) is 17.7. The predicted octanol–water partition coefficient (Wildman–Crippen LogP) is 6.42. The number of nitro groups is 4. The molecule has 13 nitrogen and oxygen atoms in total. The molecule has 0 fully saturated rings. The van der Waals surface area contributed by atoms with E-state index in [1.807, 2.05) is 0 Å². The van der Waals surface area contributed by atoms with Gasteiger partial charge in [0, 0.05) is 47.2 Å². The van der Waals surface area contributed by atoms with Gasteiger partial charge in [-0.15, -0.1) is 0 Å². The van der Waals surface area contributed by atoms with Crippen LogP contribution >= 0.6 is 11.8 Å². The van der Waals surface area contributed by atoms with E-state index in [0.717, 1.165) is 36.0 Å². The van der Waals surface area contributed by atoms with Gasteiger partial charge in [-0.05, 0) is 36.4 Å². The Morgan fingerprint density at radius 3 is 1.36 bits per heavy atom. The van der Waals surface area contributed by atoms with Gasteiger partial charge < -0.3 is 0 Å². The Morgan fingerprint density at radius 2 is 0.977 bits per heavy atom. The van der Waals surface area contributed by atoms with Gasteiger partial charge in [0.15, 0.2) is 5.12 Å². The van der Waals surface area contributed by atoms with Crippen LogP contribution in [0.25, 0.3) is 11.1 Å². The molecule has 4 aromatic carbocycles. The lowest BCUT2D eigenvalue weighted by molar-refractivity contribution is -0.390. The van der Waals surface area contributed by atoms with Crippen LogP contribution in [0.2, 0.25) is 0 Å². The molecule has 14 heteroatoms. The number of nitro benzene ring substituents is 4. The molecule has 44 heavy (non-hydrogen) atoms. The van der Waals surface area contributed by atoms with Crippen molar-refractivity contribution in [2.45, 2.75) is 11.8 Å². The Bertz CT molecular complexity index is 1990. The lowest BCUT2D eigenvalue weighted by atomic mass is 9.96. The van der Waals surface area contributed by atoms with Gasteiger partial charge in [0.05, 0.1) is 30.8 Å². The number of thioether (sulfide) groups is 1. The maximum Gasteiger partial charge on any atom is 0.286 e. The molecule has 0 amide bonds. The Morgan fingerprint density at radius 1 is 0.568 bits per heavy atom. The zero-order chi connectivity index (χ0) is 32.0. The Labute approximate surface area is 252 Å². The fourth-order valence-electron chi connectivity index (χ4n) is 3.96. The van der Waals surface area contributed by atoms with Gasteiger partial charge in [-0.3, -0.25) is 45.3 Å². The Kier molecular flexibility index (Phi) is 9.08. The van der Waals surface area contributed by atoms with Crippen molar-refractivity contribution in [3.63, 3.8) is 0 Å². The summed E-state index contributed by atoms with van der Waals surface area (Å²) in [5, 5.41) is 47.9. The van der Waals surface area contributed by atoms with E-state index >= 15 is 0 Å². The fourth-order valence-corrected chi connectivity index (χ4v) is 4.57. The van der Waals surface area contributed by atoms with E-state index in [4.69, 9.17) is 0 Å². The van der Waals surface area contributed by atoms with Crippen LogP contribution in [0, 0.1) is 64.1 Å². The number of carbonyl (C=O) groups is 1. The SMILES string of the molecule is CC(=O)Sc1ccc(C#Cc2cc([N+](=O)[O-])c(-c3cc([N+](=O)[O-])c(C#Cc4ccccc4)cc3[N+](=O)[O-])cc2[N+](=O)[O-])cc1. The molecule has 0 aromatic heterocycles. The smallest absolute Gasteiger partial charge is 0.286 e. The minimum Gasteiger partial charge on any atom is -0.287 e. The zero-order valence-corrected chi connectivity index (χ0v) is 23.2. The number of hydrogen-bond acceptors (Lipinski definition) is 10. The van der Waals surface area contributed by atoms with Crippen LogP contribution in [0.3, 0.4) is 0 Å². The molecular formula is C30H16N4O9S. The first-order chi connectivity index (χ1) is 20.9. The first-order valence-electron chi connectivity index (χ1n) is 12.3. The van der Waals surface area contributed by atoms with E-state index in [9.17, 15) is 45.3 Å². The molecule has 4 aromatic rings. The normalized spacial score (nSPS) is 10.0. The minimum absolute atomic E-state index is 0.132. The van der Waals surface area contributed by atoms with Crippen LogP contribution < -0.4 is 0 Å². The van der Waals surface area contributed by atoms with Crippen molar-refractivity contribution in [1.29, 1.82) is 0 Å². The van der Waals surface area contributed by atoms with Crippen LogP contribution in [0.1, 0.15) is 29.2 Å². The van der Waals surface area contributed by atoms with E-state index < -0.39 is 53.6 Å². The third-order valence-electron chi connectivity index (χ3n) is 5.88. The van der Waals surface area contributed by atoms with Crippen molar-refractivity contribution in [1.82, 2.24) is 0 Å². The Balaban J connectivity index is 1.90. The van der Waals surface area contributed by atoms with Crippen molar-refractivity contribution < 1.29 is 24.5 Å². The van der Waals surface area contributed by atoms with Crippen LogP contribution in [0.4, 0.5) is 22.7 Å². The fraction of sp³-hybridized carbons (Fsp3) is 0.0333. The molecule has 0 aliphatic rings. The van der Waals surface area contributed by atoms with Crippen molar-refractivity contribution >= 4 is 39.6 Å². The maximum atomic E-state index is 12.1. The lowest BCUT2D eigenvalue weighted by Gasteiger charge is -2.07. The van der Waals surface area contributed by atoms with Gasteiger partial charge in [-0.2, -0.15) is 0 Å². The van der Waals surface area contributed by atoms with Gasteiger partial charge in [-0.25, -0.2) is 0 Å². The molecule has 0 atom stereocenters. The highest BCUT2D eigenvalue weighted by molar-refractivity contribution is 8.13. The summed E-state index contributed by atoms with van der Waals surface area (Å²) in [6.07, 6.45) is 0. The largest absolute Gasteiger partial charge is 0.287 e. The number of carbonyl (C=O) groups excluding carboxylic acids is 1. The summed E-state index contributed by atoms with van der Waals surface area (Å²) in [4.78, 5) is 56.4. The van der Waals surface area contributed by atoms with E-state index in [-0.39, 0.29) is 16.2 Å². The minimum atomic E-state index is -0.920. The Hall–Kier alpha value is -6.38. The van der Waals surface area contributed by atoms with E-state index in [0.29, 0.717) is 16.0 Å². The average Bonchev–Trinajstić information content (AvgIpc) is 2.98. The molecule has 0 aliphatic heterocycles. The molecule has 0 bridgehead atoms. The summed E-state index contributed by atoms with van der Waals surface area (Å²) in [5.74, 6) is 10.4. The first kappa shape index (κ1) is 30.6. The summed E-state index contributed by atoms with van der Waals surface area (Å²) in [6.45, 7) is 1.40. The molecule has 0 spiro atoms. The van der Waals surface area contributed by atoms with Crippen LogP contribution in [0.5, 0.6) is 0 Å². The van der Waals surface area contributed by atoms with Crippen molar-refractivity contribution in [3.05, 3.63) is 142 Å². The molecule has 4 rings (SSSR count). The molecule has 0 heterocycles. The zero-order valence-electron chi connectivity index (χ0n) is 22.4. The molecule has 0 saturated heterocycles. The van der Waals surface area contributed by atoms with E-state index in [2.05, 4.69) is 23.7 Å². The average molecular weight is 609 g/mol. The lowest BCUT2D eigenvalue weighted by Crippen LogP contribution is -2.02. The van der Waals surface area contributed by atoms with Crippen molar-refractivity contribution in [2.24, 2.45) is 0 Å². The van der Waals surface area contributed by atoms with E-state index in [1.165, 1.54) is 6.92 Å². The molecule has 0 unspecified atom stereocenters. The van der Waals surface area contributed by atoms with Crippen LogP contribution in [-0.2, 0) is 4.79 Å². The standard InChI is InChI=1S/C30H16N4O9S/c1-19(35)44-24-13-9-21(10-14-24)8-12-23-16-30(34(42)43)26(18-28(23)32(38)39)25-17-27(31(36)37)22(15-29(25)33(40)41)11-7-20-5-3-2-4-6-20/h2-6,9-10,13-18H,1H3. The summed E-state index contributed by atoms with van der Waals surface area (Å²) >= 11 is 0.992. The highest BCUT2D eigenvalue weighted by Crippen LogP contribution is 2.42. The predicted molar refractivity (Wildman–Crippen MR) is 160 cm³/mol. The molecule has 0 aliphatic carbocycles. The molecule has 0 radical (unpaired) electrons. The number of benzene rings is 4. The van der Waals surface area contributed by atoms with Crippen LogP contribution in [0.15, 0.2) is 83.8 Å². The second-order valence-electron chi connectivity index (χ2n) is 8.79.